The van der Waals surface area contributed by atoms with Gasteiger partial charge in [-0.3, -0.25) is 0 Å². The van der Waals surface area contributed by atoms with Gasteiger partial charge < -0.3 is 11.5 Å². The highest BCUT2D eigenvalue weighted by Gasteiger charge is 1.99. The van der Waals surface area contributed by atoms with Crippen LogP contribution in [0, 0.1) is 0 Å². The van der Waals surface area contributed by atoms with Crippen molar-refractivity contribution >= 4 is 18.3 Å². The van der Waals surface area contributed by atoms with E-state index in [4.69, 9.17) is 11.5 Å². The van der Waals surface area contributed by atoms with E-state index in [9.17, 15) is 0 Å². The Bertz CT molecular complexity index is 297. The fourth-order valence-electron chi connectivity index (χ4n) is 1.37. The van der Waals surface area contributed by atoms with E-state index in [-0.39, 0.29) is 0 Å². The molecule has 0 heterocycles. The van der Waals surface area contributed by atoms with Crippen LogP contribution in [-0.4, -0.2) is 6.04 Å². The molecule has 78 valence electrons. The molecular formula is C11H18N2S. The first-order valence-electron chi connectivity index (χ1n) is 4.92. The zero-order chi connectivity index (χ0) is 10.6. The van der Waals surface area contributed by atoms with Crippen LogP contribution in [0.1, 0.15) is 25.3 Å². The van der Waals surface area contributed by atoms with Crippen LogP contribution in [0.5, 0.6) is 0 Å². The molecule has 0 bridgehead atoms. The van der Waals surface area contributed by atoms with Crippen LogP contribution in [0.4, 0.5) is 5.69 Å². The summed E-state index contributed by atoms with van der Waals surface area (Å²) in [5.41, 5.74) is 13.4. The number of nitrogen functional groups attached to an aromatic ring is 1. The number of aryl methyl sites for hydroxylation is 1. The molecule has 4 N–H and O–H groups in total. The van der Waals surface area contributed by atoms with Gasteiger partial charge in [0.15, 0.2) is 0 Å². The average Bonchev–Trinajstić information content (AvgIpc) is 2.10. The van der Waals surface area contributed by atoms with E-state index < -0.39 is 0 Å². The van der Waals surface area contributed by atoms with Gasteiger partial charge in [-0.15, -0.1) is 12.6 Å². The predicted molar refractivity (Wildman–Crippen MR) is 64.7 cm³/mol. The fraction of sp³-hybridized carbons (Fsp3) is 0.455. The lowest BCUT2D eigenvalue weighted by atomic mass is 10.1. The number of hydrogen-bond donors (Lipinski definition) is 3. The van der Waals surface area contributed by atoms with Crippen molar-refractivity contribution in [1.29, 1.82) is 0 Å². The van der Waals surface area contributed by atoms with Crippen molar-refractivity contribution in [2.24, 2.45) is 5.73 Å². The van der Waals surface area contributed by atoms with Crippen LogP contribution < -0.4 is 11.5 Å². The third kappa shape index (κ3) is 3.60. The van der Waals surface area contributed by atoms with Crippen molar-refractivity contribution in [3.63, 3.8) is 0 Å². The Kier molecular flexibility index (Phi) is 4.29. The maximum absolute atomic E-state index is 5.68. The fourth-order valence-corrected chi connectivity index (χ4v) is 1.61. The smallest absolute Gasteiger partial charge is 0.0449 e. The van der Waals surface area contributed by atoms with Gasteiger partial charge in [0.2, 0.25) is 0 Å². The van der Waals surface area contributed by atoms with E-state index in [2.05, 4.69) is 18.7 Å². The second-order valence-electron chi connectivity index (χ2n) is 3.76. The molecule has 0 aliphatic heterocycles. The molecule has 0 amide bonds. The largest absolute Gasteiger partial charge is 0.398 e. The van der Waals surface area contributed by atoms with Gasteiger partial charge in [-0.25, -0.2) is 0 Å². The summed E-state index contributed by atoms with van der Waals surface area (Å²) in [5.74, 6) is 0. The number of anilines is 1. The van der Waals surface area contributed by atoms with Gasteiger partial charge >= 0.3 is 0 Å². The molecule has 0 aromatic heterocycles. The lowest BCUT2D eigenvalue weighted by Crippen LogP contribution is -2.14. The maximum Gasteiger partial charge on any atom is 0.0449 e. The summed E-state index contributed by atoms with van der Waals surface area (Å²) >= 11 is 4.28. The van der Waals surface area contributed by atoms with E-state index in [1.165, 1.54) is 5.56 Å². The van der Waals surface area contributed by atoms with Crippen LogP contribution in [0.3, 0.4) is 0 Å². The van der Waals surface area contributed by atoms with Gasteiger partial charge in [-0.05, 0) is 43.9 Å². The molecule has 0 aliphatic rings. The molecule has 14 heavy (non-hydrogen) atoms. The molecule has 0 spiro atoms. The number of hydrogen-bond acceptors (Lipinski definition) is 3. The van der Waals surface area contributed by atoms with E-state index >= 15 is 0 Å². The summed E-state index contributed by atoms with van der Waals surface area (Å²) in [4.78, 5) is 0.864. The van der Waals surface area contributed by atoms with Crippen molar-refractivity contribution in [3.05, 3.63) is 23.8 Å². The van der Waals surface area contributed by atoms with E-state index in [1.807, 2.05) is 19.1 Å². The van der Waals surface area contributed by atoms with Crippen molar-refractivity contribution in [1.82, 2.24) is 0 Å². The van der Waals surface area contributed by atoms with Gasteiger partial charge in [0.05, 0.1) is 0 Å². The summed E-state index contributed by atoms with van der Waals surface area (Å²) in [6.45, 7) is 2.03. The van der Waals surface area contributed by atoms with Gasteiger partial charge in [0.1, 0.15) is 0 Å². The van der Waals surface area contributed by atoms with E-state index in [1.54, 1.807) is 0 Å². The molecule has 1 rings (SSSR count). The van der Waals surface area contributed by atoms with Crippen molar-refractivity contribution < 1.29 is 0 Å². The van der Waals surface area contributed by atoms with Crippen molar-refractivity contribution in [3.8, 4) is 0 Å². The third-order valence-electron chi connectivity index (χ3n) is 2.22. The lowest BCUT2D eigenvalue weighted by molar-refractivity contribution is 0.624. The van der Waals surface area contributed by atoms with Gasteiger partial charge in [-0.1, -0.05) is 6.07 Å². The van der Waals surface area contributed by atoms with E-state index in [0.717, 1.165) is 29.8 Å². The third-order valence-corrected chi connectivity index (χ3v) is 2.61. The Morgan fingerprint density at radius 1 is 1.43 bits per heavy atom. The number of nitrogens with two attached hydrogens (primary N) is 2. The Morgan fingerprint density at radius 3 is 2.71 bits per heavy atom. The molecule has 1 aromatic rings. The summed E-state index contributed by atoms with van der Waals surface area (Å²) in [6, 6.07) is 6.28. The Hall–Kier alpha value is -0.670. The highest BCUT2D eigenvalue weighted by Crippen LogP contribution is 2.19. The molecule has 1 unspecified atom stereocenters. The minimum absolute atomic E-state index is 0.291. The molecule has 3 heteroatoms. The molecule has 2 nitrogen and oxygen atoms in total. The number of rotatable bonds is 4. The number of thiol groups is 1. The monoisotopic (exact) mass is 210 g/mol. The molecule has 0 saturated carbocycles. The Morgan fingerprint density at radius 2 is 2.14 bits per heavy atom. The first-order chi connectivity index (χ1) is 6.59. The minimum Gasteiger partial charge on any atom is -0.398 e. The van der Waals surface area contributed by atoms with Crippen molar-refractivity contribution in [2.75, 3.05) is 5.73 Å². The van der Waals surface area contributed by atoms with Crippen LogP contribution in [0.25, 0.3) is 0 Å². The zero-order valence-corrected chi connectivity index (χ0v) is 9.43. The highest BCUT2D eigenvalue weighted by molar-refractivity contribution is 7.80. The zero-order valence-electron chi connectivity index (χ0n) is 8.53. The van der Waals surface area contributed by atoms with E-state index in [0.29, 0.717) is 6.04 Å². The van der Waals surface area contributed by atoms with Gasteiger partial charge in [0, 0.05) is 16.6 Å². The molecule has 0 aliphatic carbocycles. The second-order valence-corrected chi connectivity index (χ2v) is 4.24. The normalized spacial score (nSPS) is 12.8. The lowest BCUT2D eigenvalue weighted by Gasteiger charge is -2.06. The van der Waals surface area contributed by atoms with Crippen LogP contribution >= 0.6 is 12.6 Å². The quantitative estimate of drug-likeness (QED) is 0.527. The van der Waals surface area contributed by atoms with Crippen LogP contribution in [0.2, 0.25) is 0 Å². The average molecular weight is 210 g/mol. The molecule has 0 fully saturated rings. The summed E-state index contributed by atoms with van der Waals surface area (Å²) in [6.07, 6.45) is 3.23. The maximum atomic E-state index is 5.68. The standard InChI is InChI=1S/C11H18N2S/c1-8(12)3-2-4-9-5-6-10(13)11(14)7-9/h5-8,14H,2-4,12-13H2,1H3. The molecule has 0 radical (unpaired) electrons. The molecule has 1 aromatic carbocycles. The molecular weight excluding hydrogens is 192 g/mol. The van der Waals surface area contributed by atoms with Gasteiger partial charge in [-0.2, -0.15) is 0 Å². The SMILES string of the molecule is CC(N)CCCc1ccc(N)c(S)c1. The van der Waals surface area contributed by atoms with Crippen molar-refractivity contribution in [2.45, 2.75) is 37.1 Å². The topological polar surface area (TPSA) is 52.0 Å². The first kappa shape index (κ1) is 11.4. The Balaban J connectivity index is 2.47. The second kappa shape index (κ2) is 5.27. The summed E-state index contributed by atoms with van der Waals surface area (Å²) < 4.78 is 0. The highest BCUT2D eigenvalue weighted by atomic mass is 32.1. The molecule has 1 atom stereocenters. The molecule has 0 saturated heterocycles. The van der Waals surface area contributed by atoms with Gasteiger partial charge in [0.25, 0.3) is 0 Å². The minimum atomic E-state index is 0.291. The Labute approximate surface area is 91.1 Å². The van der Waals surface area contributed by atoms with Crippen LogP contribution in [0.15, 0.2) is 23.1 Å². The predicted octanol–water partition coefficient (Wildman–Crippen LogP) is 2.23. The summed E-state index contributed by atoms with van der Waals surface area (Å²) in [5, 5.41) is 0. The van der Waals surface area contributed by atoms with Crippen LogP contribution in [-0.2, 0) is 6.42 Å². The summed E-state index contributed by atoms with van der Waals surface area (Å²) in [7, 11) is 0. The number of benzene rings is 1. The first-order valence-corrected chi connectivity index (χ1v) is 5.37.